The fraction of sp³-hybridized carbons (Fsp3) is 0.286. The Balaban J connectivity index is 2.64. The second-order valence-electron chi connectivity index (χ2n) is 3.97. The third kappa shape index (κ3) is 5.36. The maximum atomic E-state index is 11.4. The summed E-state index contributed by atoms with van der Waals surface area (Å²) in [4.78, 5) is 23.6. The van der Waals surface area contributed by atoms with E-state index in [0.717, 1.165) is 10.5 Å². The third-order valence-corrected chi connectivity index (χ3v) is 3.26. The number of alkyl carbamates (subject to hydrolysis) is 1. The lowest BCUT2D eigenvalue weighted by Gasteiger charge is -2.14. The summed E-state index contributed by atoms with van der Waals surface area (Å²) in [6.07, 6.45) is 2.81. The van der Waals surface area contributed by atoms with E-state index >= 15 is 0 Å². The van der Waals surface area contributed by atoms with Crippen LogP contribution in [0.3, 0.4) is 0 Å². The van der Waals surface area contributed by atoms with Crippen LogP contribution in [0.1, 0.15) is 5.56 Å². The topological polar surface area (TPSA) is 75.6 Å². The molecule has 0 fully saturated rings. The van der Waals surface area contributed by atoms with Crippen LogP contribution >= 0.6 is 11.8 Å². The number of benzene rings is 1. The first-order chi connectivity index (χ1) is 9.56. The Kier molecular flexibility index (Phi) is 6.66. The Hall–Kier alpha value is -1.95. The van der Waals surface area contributed by atoms with Crippen molar-refractivity contribution >= 4 is 23.8 Å². The van der Waals surface area contributed by atoms with Crippen LogP contribution in [0, 0.1) is 0 Å². The number of carboxylic acids is 1. The van der Waals surface area contributed by atoms with Crippen molar-refractivity contribution in [2.75, 3.05) is 12.9 Å². The van der Waals surface area contributed by atoms with E-state index in [1.165, 1.54) is 6.08 Å². The maximum Gasteiger partial charge on any atom is 0.408 e. The minimum atomic E-state index is -1.10. The van der Waals surface area contributed by atoms with Gasteiger partial charge in [0.25, 0.3) is 0 Å². The van der Waals surface area contributed by atoms with Crippen molar-refractivity contribution < 1.29 is 19.4 Å². The number of carbonyl (C=O) groups excluding carboxylic acids is 1. The lowest BCUT2D eigenvalue weighted by molar-refractivity contribution is -0.139. The van der Waals surface area contributed by atoms with E-state index in [9.17, 15) is 9.59 Å². The van der Waals surface area contributed by atoms with Gasteiger partial charge in [-0.1, -0.05) is 24.8 Å². The second-order valence-corrected chi connectivity index (χ2v) is 4.85. The number of carbonyl (C=O) groups is 2. The number of hydrogen-bond acceptors (Lipinski definition) is 4. The van der Waals surface area contributed by atoms with E-state index in [1.807, 2.05) is 30.5 Å². The number of hydrogen-bond donors (Lipinski definition) is 2. The molecule has 0 saturated heterocycles. The zero-order valence-corrected chi connectivity index (χ0v) is 12.0. The van der Waals surface area contributed by atoms with Crippen LogP contribution < -0.4 is 5.32 Å². The van der Waals surface area contributed by atoms with E-state index in [2.05, 4.69) is 11.9 Å². The number of amides is 1. The summed E-state index contributed by atoms with van der Waals surface area (Å²) in [6.45, 7) is 3.45. The van der Waals surface area contributed by atoms with E-state index in [-0.39, 0.29) is 13.0 Å². The lowest BCUT2D eigenvalue weighted by atomic mass is 10.1. The molecule has 0 saturated carbocycles. The van der Waals surface area contributed by atoms with Gasteiger partial charge in [-0.05, 0) is 24.0 Å². The van der Waals surface area contributed by atoms with Gasteiger partial charge in [0, 0.05) is 11.3 Å². The first-order valence-corrected chi connectivity index (χ1v) is 7.19. The highest BCUT2D eigenvalue weighted by Gasteiger charge is 2.20. The first-order valence-electron chi connectivity index (χ1n) is 5.96. The quantitative estimate of drug-likeness (QED) is 0.596. The Morgan fingerprint density at radius 2 is 2.10 bits per heavy atom. The Bertz CT molecular complexity index is 473. The fourth-order valence-electron chi connectivity index (χ4n) is 1.52. The molecule has 0 aliphatic heterocycles. The molecule has 1 unspecified atom stereocenters. The van der Waals surface area contributed by atoms with Gasteiger partial charge in [0.05, 0.1) is 0 Å². The van der Waals surface area contributed by atoms with Crippen molar-refractivity contribution in [3.8, 4) is 0 Å². The molecule has 6 heteroatoms. The molecule has 0 bridgehead atoms. The van der Waals surface area contributed by atoms with Crippen molar-refractivity contribution in [1.82, 2.24) is 5.32 Å². The minimum Gasteiger partial charge on any atom is -0.480 e. The van der Waals surface area contributed by atoms with Crippen LogP contribution in [0.4, 0.5) is 4.79 Å². The minimum absolute atomic E-state index is 0.0423. The molecular weight excluding hydrogens is 278 g/mol. The SMILES string of the molecule is C=CCOC(=O)NC(Cc1ccc(SC)cc1)C(=O)O. The molecule has 1 aromatic carbocycles. The normalized spacial score (nSPS) is 11.4. The second kappa shape index (κ2) is 8.27. The molecule has 0 radical (unpaired) electrons. The van der Waals surface area contributed by atoms with Crippen molar-refractivity contribution in [1.29, 1.82) is 0 Å². The molecule has 0 spiro atoms. The molecule has 0 aliphatic carbocycles. The lowest BCUT2D eigenvalue weighted by Crippen LogP contribution is -2.42. The van der Waals surface area contributed by atoms with Gasteiger partial charge in [0.2, 0.25) is 0 Å². The highest BCUT2D eigenvalue weighted by molar-refractivity contribution is 7.98. The standard InChI is InChI=1S/C14H17NO4S/c1-3-8-19-14(18)15-12(13(16)17)9-10-4-6-11(20-2)7-5-10/h3-7,12H,1,8-9H2,2H3,(H,15,18)(H,16,17). The predicted octanol–water partition coefficient (Wildman–Crippen LogP) is 2.32. The molecule has 2 N–H and O–H groups in total. The first kappa shape index (κ1) is 16.1. The number of carboxylic acid groups (broad SMARTS) is 1. The summed E-state index contributed by atoms with van der Waals surface area (Å²) in [6, 6.07) is 6.49. The Labute approximate surface area is 122 Å². The smallest absolute Gasteiger partial charge is 0.408 e. The van der Waals surface area contributed by atoms with E-state index < -0.39 is 18.1 Å². The molecule has 108 valence electrons. The summed E-state index contributed by atoms with van der Waals surface area (Å²) in [7, 11) is 0. The highest BCUT2D eigenvalue weighted by atomic mass is 32.2. The van der Waals surface area contributed by atoms with Gasteiger partial charge in [-0.25, -0.2) is 9.59 Å². The van der Waals surface area contributed by atoms with E-state index in [4.69, 9.17) is 9.84 Å². The number of thioether (sulfide) groups is 1. The summed E-state index contributed by atoms with van der Waals surface area (Å²) in [5, 5.41) is 11.4. The van der Waals surface area contributed by atoms with E-state index in [0.29, 0.717) is 0 Å². The van der Waals surface area contributed by atoms with Crippen molar-refractivity contribution in [2.24, 2.45) is 0 Å². The van der Waals surface area contributed by atoms with Crippen LogP contribution in [0.5, 0.6) is 0 Å². The number of nitrogens with one attached hydrogen (secondary N) is 1. The monoisotopic (exact) mass is 295 g/mol. The molecule has 1 aromatic rings. The molecule has 1 atom stereocenters. The van der Waals surface area contributed by atoms with Crippen molar-refractivity contribution in [3.05, 3.63) is 42.5 Å². The Morgan fingerprint density at radius 1 is 1.45 bits per heavy atom. The van der Waals surface area contributed by atoms with Gasteiger partial charge in [-0.15, -0.1) is 11.8 Å². The maximum absolute atomic E-state index is 11.4. The van der Waals surface area contributed by atoms with Gasteiger partial charge in [0.15, 0.2) is 0 Å². The number of aliphatic carboxylic acids is 1. The molecule has 0 aliphatic rings. The van der Waals surface area contributed by atoms with Crippen molar-refractivity contribution in [2.45, 2.75) is 17.4 Å². The van der Waals surface area contributed by atoms with Crippen molar-refractivity contribution in [3.63, 3.8) is 0 Å². The zero-order valence-electron chi connectivity index (χ0n) is 11.2. The molecule has 1 rings (SSSR count). The largest absolute Gasteiger partial charge is 0.480 e. The van der Waals surface area contributed by atoms with Gasteiger partial charge < -0.3 is 15.2 Å². The summed E-state index contributed by atoms with van der Waals surface area (Å²) in [5.74, 6) is -1.10. The van der Waals surface area contributed by atoms with Crippen LogP contribution in [-0.2, 0) is 16.0 Å². The summed E-state index contributed by atoms with van der Waals surface area (Å²) >= 11 is 1.61. The molecule has 0 heterocycles. The molecule has 5 nitrogen and oxygen atoms in total. The summed E-state index contributed by atoms with van der Waals surface area (Å²) < 4.78 is 4.71. The zero-order chi connectivity index (χ0) is 15.0. The molecular formula is C14H17NO4S. The molecule has 1 amide bonds. The van der Waals surface area contributed by atoms with Gasteiger partial charge >= 0.3 is 12.1 Å². The average Bonchev–Trinajstić information content (AvgIpc) is 2.45. The third-order valence-electron chi connectivity index (χ3n) is 2.52. The van der Waals surface area contributed by atoms with Gasteiger partial charge in [-0.3, -0.25) is 0 Å². The van der Waals surface area contributed by atoms with E-state index in [1.54, 1.807) is 11.8 Å². The average molecular weight is 295 g/mol. The van der Waals surface area contributed by atoms with Gasteiger partial charge in [0.1, 0.15) is 12.6 Å². The number of rotatable bonds is 7. The predicted molar refractivity (Wildman–Crippen MR) is 78.0 cm³/mol. The van der Waals surface area contributed by atoms with Crippen LogP contribution in [0.25, 0.3) is 0 Å². The Morgan fingerprint density at radius 3 is 2.60 bits per heavy atom. The fourth-order valence-corrected chi connectivity index (χ4v) is 1.92. The highest BCUT2D eigenvalue weighted by Crippen LogP contribution is 2.15. The molecule has 0 aromatic heterocycles. The van der Waals surface area contributed by atoms with Crippen LogP contribution in [0.15, 0.2) is 41.8 Å². The summed E-state index contributed by atoms with van der Waals surface area (Å²) in [5.41, 5.74) is 0.833. The molecule has 20 heavy (non-hydrogen) atoms. The van der Waals surface area contributed by atoms with Crippen LogP contribution in [0.2, 0.25) is 0 Å². The van der Waals surface area contributed by atoms with Gasteiger partial charge in [-0.2, -0.15) is 0 Å². The number of ether oxygens (including phenoxy) is 1. The van der Waals surface area contributed by atoms with Crippen LogP contribution in [-0.4, -0.2) is 36.1 Å².